The molecule has 0 fully saturated rings. The molecular formula is C18H21NO7. The van der Waals surface area contributed by atoms with E-state index in [-0.39, 0.29) is 23.6 Å². The van der Waals surface area contributed by atoms with Crippen LogP contribution in [-0.2, 0) is 13.0 Å². The van der Waals surface area contributed by atoms with E-state index in [4.69, 9.17) is 23.7 Å². The van der Waals surface area contributed by atoms with Gasteiger partial charge in [-0.25, -0.2) is 4.79 Å². The summed E-state index contributed by atoms with van der Waals surface area (Å²) in [7, 11) is 4.53. The van der Waals surface area contributed by atoms with Gasteiger partial charge in [0.05, 0.1) is 21.3 Å². The van der Waals surface area contributed by atoms with Gasteiger partial charge in [-0.2, -0.15) is 0 Å². The number of rotatable bonds is 8. The Kier molecular flexibility index (Phi) is 6.11. The lowest BCUT2D eigenvalue weighted by Crippen LogP contribution is -2.22. The molecule has 0 aliphatic rings. The quantitative estimate of drug-likeness (QED) is 0.742. The molecule has 8 nitrogen and oxygen atoms in total. The van der Waals surface area contributed by atoms with Crippen LogP contribution in [0.15, 0.2) is 22.6 Å². The number of aryl methyl sites for hydroxylation is 1. The number of carbonyl (C=O) groups is 2. The Bertz CT molecular complexity index is 810. The Hall–Kier alpha value is -3.16. The van der Waals surface area contributed by atoms with Crippen molar-refractivity contribution in [1.29, 1.82) is 0 Å². The largest absolute Gasteiger partial charge is 0.496 e. The predicted octanol–water partition coefficient (Wildman–Crippen LogP) is 2.50. The summed E-state index contributed by atoms with van der Waals surface area (Å²) in [4.78, 5) is 23.5. The van der Waals surface area contributed by atoms with Crippen LogP contribution >= 0.6 is 0 Å². The number of aromatic carboxylic acids is 1. The highest BCUT2D eigenvalue weighted by molar-refractivity contribution is 5.96. The van der Waals surface area contributed by atoms with E-state index in [1.54, 1.807) is 19.1 Å². The van der Waals surface area contributed by atoms with Crippen LogP contribution in [0.2, 0.25) is 0 Å². The van der Waals surface area contributed by atoms with Crippen molar-refractivity contribution in [3.05, 3.63) is 40.8 Å². The lowest BCUT2D eigenvalue weighted by atomic mass is 10.1. The molecule has 0 spiro atoms. The van der Waals surface area contributed by atoms with Gasteiger partial charge in [-0.1, -0.05) is 6.92 Å². The van der Waals surface area contributed by atoms with Crippen molar-refractivity contribution in [2.24, 2.45) is 0 Å². The minimum atomic E-state index is -1.13. The van der Waals surface area contributed by atoms with Crippen LogP contribution in [-0.4, -0.2) is 38.3 Å². The summed E-state index contributed by atoms with van der Waals surface area (Å²) in [6, 6.07) is 4.58. The van der Waals surface area contributed by atoms with Gasteiger partial charge in [0.2, 0.25) is 0 Å². The molecule has 2 rings (SSSR count). The molecular weight excluding hydrogens is 342 g/mol. The fraction of sp³-hybridized carbons (Fsp3) is 0.333. The number of furan rings is 1. The van der Waals surface area contributed by atoms with E-state index in [1.807, 2.05) is 0 Å². The number of benzene rings is 1. The molecule has 0 bridgehead atoms. The number of hydrogen-bond acceptors (Lipinski definition) is 6. The maximum atomic E-state index is 12.3. The highest BCUT2D eigenvalue weighted by Gasteiger charge is 2.20. The van der Waals surface area contributed by atoms with Gasteiger partial charge < -0.3 is 29.1 Å². The molecule has 2 N–H and O–H groups in total. The molecule has 1 amide bonds. The SMILES string of the molecule is CCc1oc(C(=O)NCc2cc(OC)c(OC)cc2OC)cc1C(=O)O. The highest BCUT2D eigenvalue weighted by atomic mass is 16.5. The topological polar surface area (TPSA) is 107 Å². The van der Waals surface area contributed by atoms with Crippen molar-refractivity contribution in [3.63, 3.8) is 0 Å². The van der Waals surface area contributed by atoms with Crippen LogP contribution < -0.4 is 19.5 Å². The van der Waals surface area contributed by atoms with Crippen LogP contribution in [0.1, 0.15) is 39.2 Å². The standard InChI is InChI=1S/C18H21NO7/c1-5-12-11(18(21)22)7-16(26-12)17(20)19-9-10-6-14(24-3)15(25-4)8-13(10)23-2/h6-8H,5,9H2,1-4H3,(H,19,20)(H,21,22). The molecule has 8 heteroatoms. The van der Waals surface area contributed by atoms with Gasteiger partial charge in [-0.3, -0.25) is 4.79 Å². The molecule has 0 unspecified atom stereocenters. The first kappa shape index (κ1) is 19.2. The van der Waals surface area contributed by atoms with Gasteiger partial charge in [-0.05, 0) is 6.07 Å². The number of carboxylic acids is 1. The summed E-state index contributed by atoms with van der Waals surface area (Å²) < 4.78 is 21.1. The van der Waals surface area contributed by atoms with E-state index in [0.717, 1.165) is 0 Å². The Labute approximate surface area is 150 Å². The molecule has 0 radical (unpaired) electrons. The van der Waals surface area contributed by atoms with Crippen molar-refractivity contribution >= 4 is 11.9 Å². The number of amides is 1. The second-order valence-corrected chi connectivity index (χ2v) is 5.31. The van der Waals surface area contributed by atoms with Crippen LogP contribution in [0, 0.1) is 0 Å². The molecule has 0 aliphatic carbocycles. The minimum Gasteiger partial charge on any atom is -0.496 e. The number of carbonyl (C=O) groups excluding carboxylic acids is 1. The van der Waals surface area contributed by atoms with Crippen LogP contribution in [0.4, 0.5) is 0 Å². The fourth-order valence-corrected chi connectivity index (χ4v) is 2.48. The normalized spacial score (nSPS) is 10.3. The minimum absolute atomic E-state index is 0.0126. The summed E-state index contributed by atoms with van der Waals surface area (Å²) in [5, 5.41) is 11.8. The van der Waals surface area contributed by atoms with Crippen molar-refractivity contribution in [3.8, 4) is 17.2 Å². The number of ether oxygens (including phenoxy) is 3. The summed E-state index contributed by atoms with van der Waals surface area (Å²) in [6.07, 6.45) is 0.373. The Morgan fingerprint density at radius 3 is 2.15 bits per heavy atom. The first-order chi connectivity index (χ1) is 12.4. The summed E-state index contributed by atoms with van der Waals surface area (Å²) in [6.45, 7) is 1.88. The van der Waals surface area contributed by atoms with Crippen LogP contribution in [0.3, 0.4) is 0 Å². The monoisotopic (exact) mass is 363 g/mol. The molecule has 0 saturated heterocycles. The second kappa shape index (κ2) is 8.28. The maximum Gasteiger partial charge on any atom is 0.339 e. The maximum absolute atomic E-state index is 12.3. The number of hydrogen-bond donors (Lipinski definition) is 2. The van der Waals surface area contributed by atoms with Gasteiger partial charge in [-0.15, -0.1) is 0 Å². The third-order valence-electron chi connectivity index (χ3n) is 3.81. The average Bonchev–Trinajstić information content (AvgIpc) is 3.10. The van der Waals surface area contributed by atoms with Crippen LogP contribution in [0.25, 0.3) is 0 Å². The van der Waals surface area contributed by atoms with Gasteiger partial charge in [0, 0.05) is 30.7 Å². The number of methoxy groups -OCH3 is 3. The zero-order valence-electron chi connectivity index (χ0n) is 15.0. The van der Waals surface area contributed by atoms with Gasteiger partial charge >= 0.3 is 5.97 Å². The molecule has 1 aromatic carbocycles. The van der Waals surface area contributed by atoms with E-state index < -0.39 is 11.9 Å². The van der Waals surface area contributed by atoms with E-state index in [0.29, 0.717) is 29.2 Å². The molecule has 0 aliphatic heterocycles. The Balaban J connectivity index is 2.20. The van der Waals surface area contributed by atoms with Crippen molar-refractivity contribution in [2.75, 3.05) is 21.3 Å². The third kappa shape index (κ3) is 3.90. The first-order valence-corrected chi connectivity index (χ1v) is 7.88. The molecule has 0 saturated carbocycles. The van der Waals surface area contributed by atoms with Gasteiger partial charge in [0.25, 0.3) is 5.91 Å². The highest BCUT2D eigenvalue weighted by Crippen LogP contribution is 2.34. The number of nitrogens with one attached hydrogen (secondary N) is 1. The van der Waals surface area contributed by atoms with Gasteiger partial charge in [0.15, 0.2) is 17.3 Å². The molecule has 26 heavy (non-hydrogen) atoms. The van der Waals surface area contributed by atoms with Gasteiger partial charge in [0.1, 0.15) is 17.1 Å². The number of carboxylic acid groups (broad SMARTS) is 1. The molecule has 1 heterocycles. The molecule has 140 valence electrons. The van der Waals surface area contributed by atoms with Crippen LogP contribution in [0.5, 0.6) is 17.2 Å². The van der Waals surface area contributed by atoms with E-state index >= 15 is 0 Å². The molecule has 1 aromatic heterocycles. The molecule has 0 atom stereocenters. The lowest BCUT2D eigenvalue weighted by Gasteiger charge is -2.14. The summed E-state index contributed by atoms with van der Waals surface area (Å²) in [5.41, 5.74) is 0.653. The average molecular weight is 363 g/mol. The van der Waals surface area contributed by atoms with E-state index in [9.17, 15) is 9.59 Å². The summed E-state index contributed by atoms with van der Waals surface area (Å²) in [5.74, 6) is 0.0595. The second-order valence-electron chi connectivity index (χ2n) is 5.31. The Morgan fingerprint density at radius 1 is 1.04 bits per heavy atom. The third-order valence-corrected chi connectivity index (χ3v) is 3.81. The Morgan fingerprint density at radius 2 is 1.65 bits per heavy atom. The van der Waals surface area contributed by atoms with Crippen molar-refractivity contribution in [1.82, 2.24) is 5.32 Å². The zero-order valence-corrected chi connectivity index (χ0v) is 15.0. The van der Waals surface area contributed by atoms with E-state index in [2.05, 4.69) is 5.32 Å². The predicted molar refractivity (Wildman–Crippen MR) is 92.3 cm³/mol. The molecule has 2 aromatic rings. The summed E-state index contributed by atoms with van der Waals surface area (Å²) >= 11 is 0. The lowest BCUT2D eigenvalue weighted by molar-refractivity contribution is 0.0694. The van der Waals surface area contributed by atoms with Crippen molar-refractivity contribution in [2.45, 2.75) is 19.9 Å². The zero-order chi connectivity index (χ0) is 19.3. The smallest absolute Gasteiger partial charge is 0.339 e. The first-order valence-electron chi connectivity index (χ1n) is 7.88. The fourth-order valence-electron chi connectivity index (χ4n) is 2.48. The van der Waals surface area contributed by atoms with Crippen molar-refractivity contribution < 1.29 is 33.3 Å². The van der Waals surface area contributed by atoms with E-state index in [1.165, 1.54) is 27.4 Å².